The van der Waals surface area contributed by atoms with Crippen molar-refractivity contribution in [2.24, 2.45) is 0 Å². The first-order chi connectivity index (χ1) is 8.90. The number of benzene rings is 2. The highest BCUT2D eigenvalue weighted by atomic mass is 79.9. The molecule has 0 aliphatic carbocycles. The van der Waals surface area contributed by atoms with Gasteiger partial charge in [-0.25, -0.2) is 4.39 Å². The van der Waals surface area contributed by atoms with Crippen LogP contribution in [0.15, 0.2) is 34.8 Å². The van der Waals surface area contributed by atoms with Crippen molar-refractivity contribution in [2.75, 3.05) is 0 Å². The van der Waals surface area contributed by atoms with Gasteiger partial charge in [0.25, 0.3) is 0 Å². The maximum Gasteiger partial charge on any atom is 0.130 e. The normalized spacial score (nSPS) is 12.5. The summed E-state index contributed by atoms with van der Waals surface area (Å²) in [6.07, 6.45) is -0.996. The number of hydrogen-bond acceptors (Lipinski definition) is 1. The van der Waals surface area contributed by atoms with Crippen LogP contribution in [0.1, 0.15) is 28.4 Å². The van der Waals surface area contributed by atoms with Crippen molar-refractivity contribution in [1.29, 1.82) is 0 Å². The third-order valence-electron chi connectivity index (χ3n) is 3.10. The summed E-state index contributed by atoms with van der Waals surface area (Å²) in [5.41, 5.74) is 2.63. The van der Waals surface area contributed by atoms with E-state index in [1.54, 1.807) is 24.3 Å². The third-order valence-corrected chi connectivity index (χ3v) is 4.00. The molecule has 1 atom stereocenters. The molecule has 4 heteroatoms. The molecule has 2 rings (SSSR count). The average Bonchev–Trinajstić information content (AvgIpc) is 2.33. The number of rotatable bonds is 2. The molecular weight excluding hydrogens is 331 g/mol. The van der Waals surface area contributed by atoms with E-state index in [1.807, 2.05) is 13.8 Å². The van der Waals surface area contributed by atoms with E-state index in [2.05, 4.69) is 15.9 Å². The Morgan fingerprint density at radius 3 is 2.42 bits per heavy atom. The molecular formula is C15H13BrClFO. The Morgan fingerprint density at radius 1 is 1.11 bits per heavy atom. The molecule has 0 aromatic heterocycles. The van der Waals surface area contributed by atoms with Crippen LogP contribution in [0, 0.1) is 19.7 Å². The quantitative estimate of drug-likeness (QED) is 0.819. The van der Waals surface area contributed by atoms with Gasteiger partial charge in [-0.15, -0.1) is 0 Å². The largest absolute Gasteiger partial charge is 0.384 e. The van der Waals surface area contributed by atoms with Gasteiger partial charge in [-0.05, 0) is 48.7 Å². The Labute approximate surface area is 125 Å². The van der Waals surface area contributed by atoms with Crippen molar-refractivity contribution in [2.45, 2.75) is 20.0 Å². The second-order valence-electron chi connectivity index (χ2n) is 4.53. The van der Waals surface area contributed by atoms with Crippen molar-refractivity contribution in [3.63, 3.8) is 0 Å². The van der Waals surface area contributed by atoms with Crippen LogP contribution < -0.4 is 0 Å². The highest BCUT2D eigenvalue weighted by Crippen LogP contribution is 2.31. The van der Waals surface area contributed by atoms with E-state index in [0.29, 0.717) is 15.1 Å². The van der Waals surface area contributed by atoms with Crippen molar-refractivity contribution in [3.8, 4) is 0 Å². The molecule has 0 bridgehead atoms. The van der Waals surface area contributed by atoms with Gasteiger partial charge in [-0.2, -0.15) is 0 Å². The first-order valence-corrected chi connectivity index (χ1v) is 6.97. The van der Waals surface area contributed by atoms with E-state index in [9.17, 15) is 9.50 Å². The van der Waals surface area contributed by atoms with E-state index < -0.39 is 11.9 Å². The molecule has 2 aromatic carbocycles. The zero-order valence-corrected chi connectivity index (χ0v) is 12.9. The zero-order valence-electron chi connectivity index (χ0n) is 10.5. The molecule has 1 nitrogen and oxygen atoms in total. The van der Waals surface area contributed by atoms with Crippen LogP contribution in [-0.2, 0) is 0 Å². The van der Waals surface area contributed by atoms with Gasteiger partial charge in [0, 0.05) is 15.1 Å². The maximum absolute atomic E-state index is 13.9. The van der Waals surface area contributed by atoms with Gasteiger partial charge in [0.05, 0.1) is 0 Å². The van der Waals surface area contributed by atoms with Crippen LogP contribution in [0.4, 0.5) is 4.39 Å². The summed E-state index contributed by atoms with van der Waals surface area (Å²) in [6.45, 7) is 3.70. The summed E-state index contributed by atoms with van der Waals surface area (Å²) in [7, 11) is 0. The minimum Gasteiger partial charge on any atom is -0.384 e. The molecule has 2 aromatic rings. The summed E-state index contributed by atoms with van der Waals surface area (Å²) in [6, 6.07) is 8.21. The van der Waals surface area contributed by atoms with Gasteiger partial charge in [-0.1, -0.05) is 39.7 Å². The average molecular weight is 344 g/mol. The minimum atomic E-state index is -0.996. The van der Waals surface area contributed by atoms with Gasteiger partial charge in [-0.3, -0.25) is 0 Å². The molecule has 1 N–H and O–H groups in total. The number of aryl methyl sites for hydroxylation is 2. The summed E-state index contributed by atoms with van der Waals surface area (Å²) < 4.78 is 14.5. The molecule has 0 heterocycles. The van der Waals surface area contributed by atoms with Crippen LogP contribution >= 0.6 is 27.5 Å². The smallest absolute Gasteiger partial charge is 0.130 e. The van der Waals surface area contributed by atoms with Crippen LogP contribution in [-0.4, -0.2) is 5.11 Å². The summed E-state index contributed by atoms with van der Waals surface area (Å²) >= 11 is 9.22. The van der Waals surface area contributed by atoms with Crippen molar-refractivity contribution in [1.82, 2.24) is 0 Å². The molecule has 0 aliphatic rings. The van der Waals surface area contributed by atoms with Crippen molar-refractivity contribution < 1.29 is 9.50 Å². The second-order valence-corrected chi connectivity index (χ2v) is 5.85. The lowest BCUT2D eigenvalue weighted by molar-refractivity contribution is 0.214. The standard InChI is InChI=1S/C15H13BrClFO/c1-8-6-13(17)9(2)5-12(8)15(19)11-4-3-10(16)7-14(11)18/h3-7,15,19H,1-2H3. The first-order valence-electron chi connectivity index (χ1n) is 5.80. The molecule has 0 radical (unpaired) electrons. The zero-order chi connectivity index (χ0) is 14.2. The van der Waals surface area contributed by atoms with Gasteiger partial charge >= 0.3 is 0 Å². The van der Waals surface area contributed by atoms with E-state index in [1.165, 1.54) is 6.07 Å². The molecule has 100 valence electrons. The second kappa shape index (κ2) is 5.61. The Bertz CT molecular complexity index is 628. The van der Waals surface area contributed by atoms with Gasteiger partial charge in [0.1, 0.15) is 11.9 Å². The van der Waals surface area contributed by atoms with E-state index >= 15 is 0 Å². The fourth-order valence-electron chi connectivity index (χ4n) is 1.99. The van der Waals surface area contributed by atoms with Crippen LogP contribution in [0.2, 0.25) is 5.02 Å². The first kappa shape index (κ1) is 14.5. The molecule has 19 heavy (non-hydrogen) atoms. The Balaban J connectivity index is 2.49. The fraction of sp³-hybridized carbons (Fsp3) is 0.200. The highest BCUT2D eigenvalue weighted by Gasteiger charge is 2.18. The molecule has 0 spiro atoms. The third kappa shape index (κ3) is 2.99. The Morgan fingerprint density at radius 2 is 1.79 bits per heavy atom. The maximum atomic E-state index is 13.9. The van der Waals surface area contributed by atoms with E-state index in [4.69, 9.17) is 11.6 Å². The van der Waals surface area contributed by atoms with Gasteiger partial charge in [0.15, 0.2) is 0 Å². The monoisotopic (exact) mass is 342 g/mol. The number of halogens is 3. The molecule has 0 amide bonds. The lowest BCUT2D eigenvalue weighted by Gasteiger charge is -2.16. The predicted octanol–water partition coefficient (Wildman–Crippen LogP) is 4.94. The fourth-order valence-corrected chi connectivity index (χ4v) is 2.54. The predicted molar refractivity (Wildman–Crippen MR) is 79.1 cm³/mol. The topological polar surface area (TPSA) is 20.2 Å². The van der Waals surface area contributed by atoms with Crippen LogP contribution in [0.5, 0.6) is 0 Å². The molecule has 0 fully saturated rings. The molecule has 0 saturated carbocycles. The highest BCUT2D eigenvalue weighted by molar-refractivity contribution is 9.10. The van der Waals surface area contributed by atoms with E-state index in [-0.39, 0.29) is 5.56 Å². The summed E-state index contributed by atoms with van der Waals surface area (Å²) in [5, 5.41) is 11.0. The SMILES string of the molecule is Cc1cc(C(O)c2ccc(Br)cc2F)c(C)cc1Cl. The molecule has 1 unspecified atom stereocenters. The summed E-state index contributed by atoms with van der Waals surface area (Å²) in [5.74, 6) is -0.436. The summed E-state index contributed by atoms with van der Waals surface area (Å²) in [4.78, 5) is 0. The van der Waals surface area contributed by atoms with Crippen LogP contribution in [0.25, 0.3) is 0 Å². The molecule has 0 aliphatic heterocycles. The van der Waals surface area contributed by atoms with Gasteiger partial charge < -0.3 is 5.11 Å². The van der Waals surface area contributed by atoms with Crippen molar-refractivity contribution in [3.05, 3.63) is 67.9 Å². The molecule has 0 saturated heterocycles. The Kier molecular flexibility index (Phi) is 4.29. The lowest BCUT2D eigenvalue weighted by atomic mass is 9.95. The van der Waals surface area contributed by atoms with E-state index in [0.717, 1.165) is 11.1 Å². The van der Waals surface area contributed by atoms with Crippen molar-refractivity contribution >= 4 is 27.5 Å². The Hall–Kier alpha value is -0.900. The number of hydrogen-bond donors (Lipinski definition) is 1. The number of aliphatic hydroxyl groups excluding tert-OH is 1. The number of aliphatic hydroxyl groups is 1. The lowest BCUT2D eigenvalue weighted by Crippen LogP contribution is -2.05. The van der Waals surface area contributed by atoms with Crippen LogP contribution in [0.3, 0.4) is 0 Å². The van der Waals surface area contributed by atoms with Gasteiger partial charge in [0.2, 0.25) is 0 Å². The minimum absolute atomic E-state index is 0.257.